The predicted molar refractivity (Wildman–Crippen MR) is 43.5 cm³/mol. The van der Waals surface area contributed by atoms with E-state index in [1.54, 1.807) is 0 Å². The smallest absolute Gasteiger partial charge is 0 e. The van der Waals surface area contributed by atoms with E-state index < -0.39 is 0 Å². The van der Waals surface area contributed by atoms with Crippen LogP contribution in [0.2, 0.25) is 0 Å². The molecule has 1 fully saturated rings. The molecule has 0 amide bonds. The van der Waals surface area contributed by atoms with Gasteiger partial charge in [-0.1, -0.05) is 46.0 Å². The molecule has 0 atom stereocenters. The lowest BCUT2D eigenvalue weighted by molar-refractivity contribution is 0.284. The molecule has 0 aliphatic heterocycles. The lowest BCUT2D eigenvalue weighted by atomic mass is 9.82. The third kappa shape index (κ3) is 2.00. The zero-order valence-corrected chi connectivity index (χ0v) is 6.69. The van der Waals surface area contributed by atoms with Gasteiger partial charge in [-0.15, -0.1) is 0 Å². The molecule has 0 heterocycles. The third-order valence-electron chi connectivity index (χ3n) is 2.71. The zero-order chi connectivity index (χ0) is 6.69. The van der Waals surface area contributed by atoms with E-state index in [1.807, 2.05) is 0 Å². The summed E-state index contributed by atoms with van der Waals surface area (Å²) in [5.41, 5.74) is 0. The van der Waals surface area contributed by atoms with Crippen LogP contribution >= 0.6 is 0 Å². The molecule has 0 bridgehead atoms. The van der Waals surface area contributed by atoms with Gasteiger partial charge in [0.25, 0.3) is 0 Å². The molecule has 0 radical (unpaired) electrons. The van der Waals surface area contributed by atoms with E-state index in [4.69, 9.17) is 0 Å². The van der Waals surface area contributed by atoms with Gasteiger partial charge in [0.15, 0.2) is 0 Å². The zero-order valence-electron chi connectivity index (χ0n) is 6.69. The van der Waals surface area contributed by atoms with E-state index in [1.165, 1.54) is 32.1 Å². The van der Waals surface area contributed by atoms with Gasteiger partial charge in [0.1, 0.15) is 0 Å². The minimum atomic E-state index is 0. The van der Waals surface area contributed by atoms with Gasteiger partial charge in [-0.2, -0.15) is 0 Å². The second-order valence-corrected chi connectivity index (χ2v) is 3.53. The molecule has 1 aliphatic rings. The quantitative estimate of drug-likeness (QED) is 0.507. The molecule has 0 N–H and O–H groups in total. The van der Waals surface area contributed by atoms with Crippen molar-refractivity contribution in [3.8, 4) is 0 Å². The van der Waals surface area contributed by atoms with Crippen LogP contribution in [0.4, 0.5) is 0 Å². The molecule has 0 unspecified atom stereocenters. The summed E-state index contributed by atoms with van der Waals surface area (Å²) in [5.74, 6) is 2.09. The van der Waals surface area contributed by atoms with Gasteiger partial charge in [0, 0.05) is 1.43 Å². The van der Waals surface area contributed by atoms with Crippen molar-refractivity contribution in [2.24, 2.45) is 11.8 Å². The van der Waals surface area contributed by atoms with Crippen molar-refractivity contribution in [2.45, 2.75) is 46.0 Å². The Morgan fingerprint density at radius 1 is 1.22 bits per heavy atom. The summed E-state index contributed by atoms with van der Waals surface area (Å²) in [7, 11) is 0. The highest BCUT2D eigenvalue weighted by Crippen LogP contribution is 2.29. The van der Waals surface area contributed by atoms with E-state index in [2.05, 4.69) is 13.8 Å². The van der Waals surface area contributed by atoms with Crippen LogP contribution in [0, 0.1) is 11.8 Å². The van der Waals surface area contributed by atoms with Crippen LogP contribution in [0.25, 0.3) is 0 Å². The summed E-state index contributed by atoms with van der Waals surface area (Å²) < 4.78 is 0. The SMILES string of the molecule is CCC1CCC(C)CC1.[HH]. The third-order valence-corrected chi connectivity index (χ3v) is 2.71. The van der Waals surface area contributed by atoms with Crippen molar-refractivity contribution in [1.29, 1.82) is 0 Å². The summed E-state index contributed by atoms with van der Waals surface area (Å²) in [5, 5.41) is 0. The minimum Gasteiger partial charge on any atom is -0.0651 e. The van der Waals surface area contributed by atoms with Crippen LogP contribution in [0.15, 0.2) is 0 Å². The molecule has 0 aromatic carbocycles. The van der Waals surface area contributed by atoms with E-state index >= 15 is 0 Å². The van der Waals surface area contributed by atoms with Gasteiger partial charge in [0.2, 0.25) is 0 Å². The molecule has 0 aromatic heterocycles. The van der Waals surface area contributed by atoms with Gasteiger partial charge in [0.05, 0.1) is 0 Å². The van der Waals surface area contributed by atoms with Crippen molar-refractivity contribution in [1.82, 2.24) is 0 Å². The Hall–Kier alpha value is 0. The fourth-order valence-electron chi connectivity index (χ4n) is 1.74. The molecule has 1 aliphatic carbocycles. The molecule has 0 spiro atoms. The van der Waals surface area contributed by atoms with Crippen LogP contribution in [0.5, 0.6) is 0 Å². The average molecular weight is 128 g/mol. The Morgan fingerprint density at radius 2 is 1.78 bits per heavy atom. The van der Waals surface area contributed by atoms with E-state index in [0.29, 0.717) is 0 Å². The van der Waals surface area contributed by atoms with E-state index in [-0.39, 0.29) is 1.43 Å². The molecule has 9 heavy (non-hydrogen) atoms. The first-order chi connectivity index (χ1) is 4.33. The summed E-state index contributed by atoms with van der Waals surface area (Å²) in [6, 6.07) is 0. The first kappa shape index (κ1) is 7.11. The highest BCUT2D eigenvalue weighted by Gasteiger charge is 2.15. The van der Waals surface area contributed by atoms with Crippen molar-refractivity contribution in [3.63, 3.8) is 0 Å². The molecular weight excluding hydrogens is 108 g/mol. The van der Waals surface area contributed by atoms with Crippen LogP contribution < -0.4 is 0 Å². The monoisotopic (exact) mass is 128 g/mol. The standard InChI is InChI=1S/C9H18.H2/c1-3-9-6-4-8(2)5-7-9;/h8-9H,3-7H2,1-2H3;1H. The van der Waals surface area contributed by atoms with Gasteiger partial charge < -0.3 is 0 Å². The summed E-state index contributed by atoms with van der Waals surface area (Å²) in [6.07, 6.45) is 7.37. The normalized spacial score (nSPS) is 36.7. The Bertz CT molecular complexity index is 72.8. The number of rotatable bonds is 1. The summed E-state index contributed by atoms with van der Waals surface area (Å²) in [4.78, 5) is 0. The fourth-order valence-corrected chi connectivity index (χ4v) is 1.74. The Labute approximate surface area is 60.1 Å². The van der Waals surface area contributed by atoms with Crippen molar-refractivity contribution in [2.75, 3.05) is 0 Å². The maximum Gasteiger partial charge on any atom is 0 e. The molecule has 0 saturated heterocycles. The number of hydrogen-bond donors (Lipinski definition) is 0. The molecule has 56 valence electrons. The van der Waals surface area contributed by atoms with Gasteiger partial charge in [-0.25, -0.2) is 0 Å². The summed E-state index contributed by atoms with van der Waals surface area (Å²) in [6.45, 7) is 4.70. The Morgan fingerprint density at radius 3 is 2.22 bits per heavy atom. The average Bonchev–Trinajstić information content (AvgIpc) is 1.90. The molecule has 0 nitrogen and oxygen atoms in total. The van der Waals surface area contributed by atoms with E-state index in [0.717, 1.165) is 11.8 Å². The Kier molecular flexibility index (Phi) is 2.56. The van der Waals surface area contributed by atoms with Gasteiger partial charge >= 0.3 is 0 Å². The second-order valence-electron chi connectivity index (χ2n) is 3.53. The molecule has 1 rings (SSSR count). The van der Waals surface area contributed by atoms with Crippen LogP contribution in [-0.4, -0.2) is 0 Å². The van der Waals surface area contributed by atoms with Crippen molar-refractivity contribution in [3.05, 3.63) is 0 Å². The molecular formula is C9H20. The first-order valence-corrected chi connectivity index (χ1v) is 4.33. The highest BCUT2D eigenvalue weighted by molar-refractivity contribution is 4.68. The molecule has 0 aromatic rings. The summed E-state index contributed by atoms with van der Waals surface area (Å²) >= 11 is 0. The molecule has 1 saturated carbocycles. The van der Waals surface area contributed by atoms with Gasteiger partial charge in [-0.05, 0) is 11.8 Å². The molecule has 0 heteroatoms. The lowest BCUT2D eigenvalue weighted by Crippen LogP contribution is -2.10. The lowest BCUT2D eigenvalue weighted by Gasteiger charge is -2.24. The van der Waals surface area contributed by atoms with E-state index in [9.17, 15) is 0 Å². The van der Waals surface area contributed by atoms with Crippen molar-refractivity contribution < 1.29 is 1.43 Å². The maximum atomic E-state index is 2.38. The van der Waals surface area contributed by atoms with Crippen LogP contribution in [-0.2, 0) is 0 Å². The Balaban J connectivity index is 0.000000810. The maximum absolute atomic E-state index is 2.38. The highest BCUT2D eigenvalue weighted by atomic mass is 14.2. The van der Waals surface area contributed by atoms with Crippen molar-refractivity contribution >= 4 is 0 Å². The number of hydrogen-bond acceptors (Lipinski definition) is 0. The fraction of sp³-hybridized carbons (Fsp3) is 1.00. The predicted octanol–water partition coefficient (Wildman–Crippen LogP) is 3.47. The van der Waals surface area contributed by atoms with Crippen LogP contribution in [0.1, 0.15) is 47.4 Å². The second kappa shape index (κ2) is 3.24. The largest absolute Gasteiger partial charge is 0.0651 e. The topological polar surface area (TPSA) is 0 Å². The minimum absolute atomic E-state index is 0. The van der Waals surface area contributed by atoms with Gasteiger partial charge in [-0.3, -0.25) is 0 Å². The van der Waals surface area contributed by atoms with Crippen LogP contribution in [0.3, 0.4) is 0 Å². The first-order valence-electron chi connectivity index (χ1n) is 4.33.